The van der Waals surface area contributed by atoms with E-state index in [0.29, 0.717) is 5.92 Å². The summed E-state index contributed by atoms with van der Waals surface area (Å²) in [5.74, 6) is 1.82. The first-order chi connectivity index (χ1) is 8.85. The lowest BCUT2D eigenvalue weighted by molar-refractivity contribution is 0.225. The fourth-order valence-electron chi connectivity index (χ4n) is 3.91. The van der Waals surface area contributed by atoms with Gasteiger partial charge in [-0.1, -0.05) is 19.1 Å². The van der Waals surface area contributed by atoms with Crippen LogP contribution in [0.5, 0.6) is 5.75 Å². The Morgan fingerprint density at radius 2 is 2.16 bits per heavy atom. The van der Waals surface area contributed by atoms with Gasteiger partial charge in [-0.3, -0.25) is 4.90 Å². The van der Waals surface area contributed by atoms with Crippen molar-refractivity contribution in [3.8, 4) is 5.75 Å². The lowest BCUT2D eigenvalue weighted by Gasteiger charge is -2.34. The summed E-state index contributed by atoms with van der Waals surface area (Å²) >= 11 is 0. The Kier molecular flexibility index (Phi) is 4.75. The highest BCUT2D eigenvalue weighted by Gasteiger charge is 2.39. The summed E-state index contributed by atoms with van der Waals surface area (Å²) in [5.41, 5.74) is 3.03. The Bertz CT molecular complexity index is 421. The number of benzene rings is 1. The first kappa shape index (κ1) is 14.7. The lowest BCUT2D eigenvalue weighted by atomic mass is 9.79. The van der Waals surface area contributed by atoms with E-state index in [1.165, 1.54) is 49.9 Å². The molecule has 1 fully saturated rings. The number of hydrogen-bond donors (Lipinski definition) is 0. The van der Waals surface area contributed by atoms with Crippen molar-refractivity contribution in [2.75, 3.05) is 20.2 Å². The van der Waals surface area contributed by atoms with Crippen LogP contribution >= 0.6 is 12.4 Å². The van der Waals surface area contributed by atoms with E-state index in [1.807, 2.05) is 0 Å². The van der Waals surface area contributed by atoms with Gasteiger partial charge in [-0.15, -0.1) is 12.4 Å². The molecular formula is C16H24ClNO. The molecule has 1 aromatic carbocycles. The zero-order chi connectivity index (χ0) is 12.5. The minimum Gasteiger partial charge on any atom is -0.496 e. The van der Waals surface area contributed by atoms with Gasteiger partial charge in [-0.05, 0) is 50.4 Å². The van der Waals surface area contributed by atoms with Crippen LogP contribution in [-0.2, 0) is 6.42 Å². The summed E-state index contributed by atoms with van der Waals surface area (Å²) in [6.07, 6.45) is 5.11. The number of nitrogens with zero attached hydrogens (tertiary/aromatic N) is 1. The second kappa shape index (κ2) is 6.15. The van der Waals surface area contributed by atoms with Gasteiger partial charge >= 0.3 is 0 Å². The molecule has 1 aromatic rings. The summed E-state index contributed by atoms with van der Waals surface area (Å²) in [7, 11) is 1.80. The van der Waals surface area contributed by atoms with Crippen molar-refractivity contribution < 1.29 is 4.74 Å². The van der Waals surface area contributed by atoms with Gasteiger partial charge in [0.1, 0.15) is 5.75 Å². The fraction of sp³-hybridized carbons (Fsp3) is 0.625. The van der Waals surface area contributed by atoms with E-state index < -0.39 is 0 Å². The molecule has 1 aliphatic heterocycles. The van der Waals surface area contributed by atoms with Crippen molar-refractivity contribution in [1.29, 1.82) is 0 Å². The van der Waals surface area contributed by atoms with E-state index in [1.54, 1.807) is 7.11 Å². The minimum atomic E-state index is 0. The molecule has 3 heteroatoms. The van der Waals surface area contributed by atoms with Crippen molar-refractivity contribution in [1.82, 2.24) is 4.90 Å². The maximum absolute atomic E-state index is 5.60. The van der Waals surface area contributed by atoms with Gasteiger partial charge in [0.15, 0.2) is 0 Å². The van der Waals surface area contributed by atoms with Crippen LogP contribution in [0.4, 0.5) is 0 Å². The van der Waals surface area contributed by atoms with E-state index in [4.69, 9.17) is 4.74 Å². The molecule has 2 nitrogen and oxygen atoms in total. The Morgan fingerprint density at radius 3 is 2.89 bits per heavy atom. The smallest absolute Gasteiger partial charge is 0.122 e. The Balaban J connectivity index is 0.00000133. The molecule has 0 N–H and O–H groups in total. The molecule has 0 aromatic heterocycles. The van der Waals surface area contributed by atoms with Gasteiger partial charge in [0.2, 0.25) is 0 Å². The number of fused-ring (bicyclic) bond motifs is 3. The summed E-state index contributed by atoms with van der Waals surface area (Å²) in [6.45, 7) is 4.80. The first-order valence-electron chi connectivity index (χ1n) is 7.25. The third-order valence-corrected chi connectivity index (χ3v) is 4.63. The maximum Gasteiger partial charge on any atom is 0.122 e. The second-order valence-corrected chi connectivity index (χ2v) is 5.57. The molecule has 2 aliphatic rings. The normalized spacial score (nSPS) is 25.4. The predicted octanol–water partition coefficient (Wildman–Crippen LogP) is 3.63. The average molecular weight is 282 g/mol. The van der Waals surface area contributed by atoms with Crippen molar-refractivity contribution >= 4 is 12.4 Å². The van der Waals surface area contributed by atoms with Gasteiger partial charge in [0.25, 0.3) is 0 Å². The number of rotatable bonds is 3. The molecule has 3 rings (SSSR count). The van der Waals surface area contributed by atoms with Gasteiger partial charge < -0.3 is 4.74 Å². The number of methoxy groups -OCH3 is 1. The lowest BCUT2D eigenvalue weighted by Crippen LogP contribution is -2.35. The molecule has 19 heavy (non-hydrogen) atoms. The third-order valence-electron chi connectivity index (χ3n) is 4.63. The zero-order valence-corrected chi connectivity index (χ0v) is 12.7. The van der Waals surface area contributed by atoms with Crippen LogP contribution < -0.4 is 4.74 Å². The van der Waals surface area contributed by atoms with Gasteiger partial charge in [0.05, 0.1) is 7.11 Å². The Hall–Kier alpha value is -0.730. The summed E-state index contributed by atoms with van der Waals surface area (Å²) in [5, 5.41) is 0. The molecule has 2 atom stereocenters. The van der Waals surface area contributed by atoms with E-state index >= 15 is 0 Å². The molecule has 1 heterocycles. The monoisotopic (exact) mass is 281 g/mol. The van der Waals surface area contributed by atoms with Crippen LogP contribution in [0.2, 0.25) is 0 Å². The Morgan fingerprint density at radius 1 is 1.32 bits per heavy atom. The van der Waals surface area contributed by atoms with Crippen LogP contribution in [0, 0.1) is 0 Å². The van der Waals surface area contributed by atoms with Crippen molar-refractivity contribution in [2.45, 2.75) is 44.6 Å². The quantitative estimate of drug-likeness (QED) is 0.839. The van der Waals surface area contributed by atoms with Crippen molar-refractivity contribution in [3.05, 3.63) is 29.3 Å². The highest BCUT2D eigenvalue weighted by atomic mass is 35.5. The van der Waals surface area contributed by atoms with E-state index in [-0.39, 0.29) is 12.4 Å². The second-order valence-electron chi connectivity index (χ2n) is 5.57. The van der Waals surface area contributed by atoms with Gasteiger partial charge in [-0.2, -0.15) is 0 Å². The van der Waals surface area contributed by atoms with Crippen LogP contribution in [0.1, 0.15) is 43.2 Å². The SMILES string of the molecule is CCCN1CC[C@H]2c3c(cccc3OC)CC[C@H]21.Cl. The van der Waals surface area contributed by atoms with Gasteiger partial charge in [-0.25, -0.2) is 0 Å². The molecule has 1 saturated heterocycles. The Labute approximate surface area is 122 Å². The van der Waals surface area contributed by atoms with Crippen LogP contribution in [0.15, 0.2) is 18.2 Å². The minimum absolute atomic E-state index is 0. The number of aryl methyl sites for hydroxylation is 1. The number of likely N-dealkylation sites (tertiary alicyclic amines) is 1. The van der Waals surface area contributed by atoms with E-state index in [9.17, 15) is 0 Å². The number of halogens is 1. The first-order valence-corrected chi connectivity index (χ1v) is 7.25. The van der Waals surface area contributed by atoms with E-state index in [0.717, 1.165) is 11.8 Å². The highest BCUT2D eigenvalue weighted by molar-refractivity contribution is 5.85. The fourth-order valence-corrected chi connectivity index (χ4v) is 3.91. The van der Waals surface area contributed by atoms with Crippen LogP contribution in [-0.4, -0.2) is 31.1 Å². The number of hydrogen-bond acceptors (Lipinski definition) is 2. The summed E-state index contributed by atoms with van der Waals surface area (Å²) in [4.78, 5) is 2.69. The predicted molar refractivity (Wildman–Crippen MR) is 81.6 cm³/mol. The third kappa shape index (κ3) is 2.48. The largest absolute Gasteiger partial charge is 0.496 e. The maximum atomic E-state index is 5.60. The molecule has 0 radical (unpaired) electrons. The highest BCUT2D eigenvalue weighted by Crippen LogP contribution is 2.45. The van der Waals surface area contributed by atoms with E-state index in [2.05, 4.69) is 30.0 Å². The zero-order valence-electron chi connectivity index (χ0n) is 11.9. The molecule has 0 amide bonds. The standard InChI is InChI=1S/C16H23NO.ClH/c1-3-10-17-11-9-13-14(17)8-7-12-5-4-6-15(18-2)16(12)13;/h4-6,13-14H,3,7-11H2,1-2H3;1H/t13-,14-;/m1./s1. The molecule has 0 spiro atoms. The topological polar surface area (TPSA) is 12.5 Å². The van der Waals surface area contributed by atoms with Crippen LogP contribution in [0.25, 0.3) is 0 Å². The van der Waals surface area contributed by atoms with Gasteiger partial charge in [0, 0.05) is 17.5 Å². The molecular weight excluding hydrogens is 258 g/mol. The average Bonchev–Trinajstić information content (AvgIpc) is 2.82. The summed E-state index contributed by atoms with van der Waals surface area (Å²) in [6, 6.07) is 7.31. The molecule has 0 saturated carbocycles. The molecule has 0 bridgehead atoms. The molecule has 106 valence electrons. The summed E-state index contributed by atoms with van der Waals surface area (Å²) < 4.78 is 5.60. The number of ether oxygens (including phenoxy) is 1. The van der Waals surface area contributed by atoms with Crippen molar-refractivity contribution in [2.24, 2.45) is 0 Å². The molecule has 1 aliphatic carbocycles. The van der Waals surface area contributed by atoms with Crippen molar-refractivity contribution in [3.63, 3.8) is 0 Å². The van der Waals surface area contributed by atoms with Crippen LogP contribution in [0.3, 0.4) is 0 Å². The molecule has 0 unspecified atom stereocenters.